The molecule has 1 aromatic rings. The number of nitrogens with zero attached hydrogens (tertiary/aromatic N) is 1. The summed E-state index contributed by atoms with van der Waals surface area (Å²) in [4.78, 5) is 0.984. The molecule has 2 N–H and O–H groups in total. The van der Waals surface area contributed by atoms with Crippen LogP contribution in [0, 0.1) is 5.92 Å². The smallest absolute Gasteiger partial charge is 0.372 e. The molecule has 0 spiro atoms. The molecule has 0 amide bonds. The highest BCUT2D eigenvalue weighted by Gasteiger charge is 2.37. The van der Waals surface area contributed by atoms with Gasteiger partial charge in [-0.1, -0.05) is 6.92 Å². The summed E-state index contributed by atoms with van der Waals surface area (Å²) in [6.45, 7) is 3.44. The van der Waals surface area contributed by atoms with E-state index in [1.807, 2.05) is 4.90 Å². The van der Waals surface area contributed by atoms with Crippen molar-refractivity contribution in [2.45, 2.75) is 37.3 Å². The third kappa shape index (κ3) is 3.92. The molecule has 4 nitrogen and oxygen atoms in total. The van der Waals surface area contributed by atoms with E-state index in [2.05, 4.69) is 6.92 Å². The quantitative estimate of drug-likeness (QED) is 0.903. The van der Waals surface area contributed by atoms with Crippen LogP contribution in [0.1, 0.15) is 31.7 Å². The molecule has 0 aliphatic carbocycles. The molecule has 0 bridgehead atoms. The molecule has 22 heavy (non-hydrogen) atoms. The maximum absolute atomic E-state index is 13.1. The Morgan fingerprint density at radius 1 is 1.23 bits per heavy atom. The number of halogens is 3. The van der Waals surface area contributed by atoms with Crippen molar-refractivity contribution in [1.82, 2.24) is 0 Å². The molecular weight excluding hydrogens is 317 g/mol. The number of benzene rings is 1. The standard InChI is InChI=1S/C14H19F3N2O2S/c1-10-3-2-7-19(8-6-10)11-4-5-13(22(18,20)21)12(9-11)14(15,16)17/h4-5,9-10H,2-3,6-8H2,1H3,(H2,18,20,21). The van der Waals surface area contributed by atoms with E-state index in [0.717, 1.165) is 31.4 Å². The van der Waals surface area contributed by atoms with Crippen LogP contribution in [-0.4, -0.2) is 21.5 Å². The first-order chi connectivity index (χ1) is 10.1. The minimum absolute atomic E-state index is 0.383. The van der Waals surface area contributed by atoms with Crippen molar-refractivity contribution in [3.8, 4) is 0 Å². The van der Waals surface area contributed by atoms with Crippen LogP contribution in [0.2, 0.25) is 0 Å². The predicted octanol–water partition coefficient (Wildman–Crippen LogP) is 2.98. The number of alkyl halides is 3. The highest BCUT2D eigenvalue weighted by atomic mass is 32.2. The Labute approximate surface area is 128 Å². The fourth-order valence-electron chi connectivity index (χ4n) is 2.71. The molecule has 1 unspecified atom stereocenters. The molecule has 1 saturated heterocycles. The Morgan fingerprint density at radius 3 is 2.50 bits per heavy atom. The number of sulfonamides is 1. The molecule has 8 heteroatoms. The highest BCUT2D eigenvalue weighted by Crippen LogP contribution is 2.36. The fraction of sp³-hybridized carbons (Fsp3) is 0.571. The van der Waals surface area contributed by atoms with Gasteiger partial charge >= 0.3 is 6.18 Å². The lowest BCUT2D eigenvalue weighted by molar-refractivity contribution is -0.139. The van der Waals surface area contributed by atoms with Crippen molar-refractivity contribution in [3.63, 3.8) is 0 Å². The Kier molecular flexibility index (Phi) is 4.72. The van der Waals surface area contributed by atoms with Crippen molar-refractivity contribution in [2.24, 2.45) is 11.1 Å². The highest BCUT2D eigenvalue weighted by molar-refractivity contribution is 7.89. The van der Waals surface area contributed by atoms with Gasteiger partial charge in [0.25, 0.3) is 0 Å². The maximum Gasteiger partial charge on any atom is 0.417 e. The first-order valence-corrected chi connectivity index (χ1v) is 8.62. The number of rotatable bonds is 2. The molecule has 124 valence electrons. The van der Waals surface area contributed by atoms with Crippen LogP contribution in [0.5, 0.6) is 0 Å². The number of primary sulfonamides is 1. The van der Waals surface area contributed by atoms with Gasteiger partial charge in [0.2, 0.25) is 10.0 Å². The van der Waals surface area contributed by atoms with Gasteiger partial charge in [-0.05, 0) is 43.4 Å². The molecule has 1 aromatic carbocycles. The first kappa shape index (κ1) is 17.1. The summed E-state index contributed by atoms with van der Waals surface area (Å²) in [6, 6.07) is 3.22. The Balaban J connectivity index is 2.43. The Morgan fingerprint density at radius 2 is 1.91 bits per heavy atom. The third-order valence-corrected chi connectivity index (χ3v) is 4.93. The maximum atomic E-state index is 13.1. The number of hydrogen-bond donors (Lipinski definition) is 1. The third-order valence-electron chi connectivity index (χ3n) is 3.96. The molecule has 1 aliphatic rings. The molecule has 0 saturated carbocycles. The Bertz CT molecular complexity index is 644. The summed E-state index contributed by atoms with van der Waals surface area (Å²) in [5.74, 6) is 0.538. The van der Waals surface area contributed by atoms with Crippen molar-refractivity contribution >= 4 is 15.7 Å². The SMILES string of the molecule is CC1CCCN(c2ccc(S(N)(=O)=O)c(C(F)(F)F)c2)CC1. The first-order valence-electron chi connectivity index (χ1n) is 7.08. The van der Waals surface area contributed by atoms with Crippen LogP contribution in [0.15, 0.2) is 23.1 Å². The minimum atomic E-state index is -4.77. The van der Waals surface area contributed by atoms with E-state index >= 15 is 0 Å². The summed E-state index contributed by atoms with van der Waals surface area (Å²) in [7, 11) is -4.42. The fourth-order valence-corrected chi connectivity index (χ4v) is 3.44. The van der Waals surface area contributed by atoms with E-state index in [-0.39, 0.29) is 0 Å². The summed E-state index contributed by atoms with van der Waals surface area (Å²) < 4.78 is 62.1. The summed E-state index contributed by atoms with van der Waals surface area (Å²) in [5.41, 5.74) is -0.821. The molecule has 1 heterocycles. The van der Waals surface area contributed by atoms with Crippen molar-refractivity contribution in [1.29, 1.82) is 0 Å². The summed E-state index contributed by atoms with van der Waals surface area (Å²) in [6.07, 6.45) is -1.92. The molecular formula is C14H19F3N2O2S. The van der Waals surface area contributed by atoms with Crippen LogP contribution in [0.4, 0.5) is 18.9 Å². The number of nitrogens with two attached hydrogens (primary N) is 1. The summed E-state index contributed by atoms with van der Waals surface area (Å²) in [5, 5.41) is 4.88. The van der Waals surface area contributed by atoms with Gasteiger partial charge < -0.3 is 4.90 Å². The average molecular weight is 336 g/mol. The largest absolute Gasteiger partial charge is 0.417 e. The van der Waals surface area contributed by atoms with E-state index in [4.69, 9.17) is 5.14 Å². The minimum Gasteiger partial charge on any atom is -0.372 e. The van der Waals surface area contributed by atoms with Crippen molar-refractivity contribution < 1.29 is 21.6 Å². The van der Waals surface area contributed by atoms with Crippen LogP contribution < -0.4 is 10.0 Å². The molecule has 2 rings (SSSR count). The van der Waals surface area contributed by atoms with E-state index in [9.17, 15) is 21.6 Å². The lowest BCUT2D eigenvalue weighted by Crippen LogP contribution is -2.25. The monoisotopic (exact) mass is 336 g/mol. The van der Waals surface area contributed by atoms with E-state index in [0.29, 0.717) is 24.7 Å². The second kappa shape index (κ2) is 6.08. The van der Waals surface area contributed by atoms with Gasteiger partial charge in [0, 0.05) is 18.8 Å². The summed E-state index contributed by atoms with van der Waals surface area (Å²) >= 11 is 0. The van der Waals surface area contributed by atoms with Crippen LogP contribution in [0.25, 0.3) is 0 Å². The lowest BCUT2D eigenvalue weighted by atomic mass is 10.0. The van der Waals surface area contributed by atoms with Crippen LogP contribution in [-0.2, 0) is 16.2 Å². The van der Waals surface area contributed by atoms with Crippen LogP contribution in [0.3, 0.4) is 0 Å². The van der Waals surface area contributed by atoms with Gasteiger partial charge in [-0.2, -0.15) is 13.2 Å². The average Bonchev–Trinajstić information content (AvgIpc) is 2.61. The molecule has 1 atom stereocenters. The topological polar surface area (TPSA) is 63.4 Å². The zero-order valence-electron chi connectivity index (χ0n) is 12.2. The van der Waals surface area contributed by atoms with Gasteiger partial charge in [0.15, 0.2) is 0 Å². The Hall–Kier alpha value is -1.28. The molecule has 0 aromatic heterocycles. The van der Waals surface area contributed by atoms with Gasteiger partial charge in [0.05, 0.1) is 10.5 Å². The molecule has 0 radical (unpaired) electrons. The van der Waals surface area contributed by atoms with E-state index < -0.39 is 26.7 Å². The second-order valence-electron chi connectivity index (χ2n) is 5.75. The zero-order chi connectivity index (χ0) is 16.5. The number of hydrogen-bond acceptors (Lipinski definition) is 3. The van der Waals surface area contributed by atoms with E-state index in [1.54, 1.807) is 0 Å². The van der Waals surface area contributed by atoms with Crippen molar-refractivity contribution in [3.05, 3.63) is 23.8 Å². The van der Waals surface area contributed by atoms with Gasteiger partial charge in [0.1, 0.15) is 0 Å². The number of anilines is 1. The molecule has 1 fully saturated rings. The van der Waals surface area contributed by atoms with Crippen LogP contribution >= 0.6 is 0 Å². The zero-order valence-corrected chi connectivity index (χ0v) is 13.0. The van der Waals surface area contributed by atoms with Gasteiger partial charge in [-0.15, -0.1) is 0 Å². The van der Waals surface area contributed by atoms with E-state index in [1.165, 1.54) is 6.07 Å². The second-order valence-corrected chi connectivity index (χ2v) is 7.28. The normalized spacial score (nSPS) is 20.8. The molecule has 1 aliphatic heterocycles. The predicted molar refractivity (Wildman–Crippen MR) is 78.0 cm³/mol. The van der Waals surface area contributed by atoms with Gasteiger partial charge in [-0.25, -0.2) is 13.6 Å². The van der Waals surface area contributed by atoms with Gasteiger partial charge in [-0.3, -0.25) is 0 Å². The van der Waals surface area contributed by atoms with Crippen molar-refractivity contribution in [2.75, 3.05) is 18.0 Å². The lowest BCUT2D eigenvalue weighted by Gasteiger charge is -2.24.